The maximum Gasteiger partial charge on any atom is 0.407 e. The van der Waals surface area contributed by atoms with Crippen LogP contribution in [0.4, 0.5) is 4.79 Å². The van der Waals surface area contributed by atoms with E-state index >= 15 is 0 Å². The topological polar surface area (TPSA) is 99.0 Å². The van der Waals surface area contributed by atoms with Gasteiger partial charge in [-0.1, -0.05) is 0 Å². The fraction of sp³-hybridized carbons (Fsp3) is 0.438. The van der Waals surface area contributed by atoms with Gasteiger partial charge in [-0.15, -0.1) is 0 Å². The largest absolute Gasteiger partial charge is 0.450 e. The number of hydrogen-bond donors (Lipinski definition) is 1. The lowest BCUT2D eigenvalue weighted by Crippen LogP contribution is -2.34. The van der Waals surface area contributed by atoms with Gasteiger partial charge in [-0.3, -0.25) is 9.36 Å². The fourth-order valence-corrected chi connectivity index (χ4v) is 3.34. The second kappa shape index (κ2) is 7.73. The van der Waals surface area contributed by atoms with Gasteiger partial charge in [-0.25, -0.2) is 19.7 Å². The molecule has 1 amide bonds. The van der Waals surface area contributed by atoms with Crippen LogP contribution < -0.4 is 10.9 Å². The molecule has 0 aliphatic carbocycles. The van der Waals surface area contributed by atoms with Gasteiger partial charge in [0.1, 0.15) is 22.3 Å². The molecule has 8 nitrogen and oxygen atoms in total. The molecule has 1 atom stereocenters. The molecule has 0 fully saturated rings. The summed E-state index contributed by atoms with van der Waals surface area (Å²) in [6.07, 6.45) is 4.89. The van der Waals surface area contributed by atoms with Gasteiger partial charge in [0, 0.05) is 12.7 Å². The first-order valence-electron chi connectivity index (χ1n) is 8.11. The highest BCUT2D eigenvalue weighted by atomic mass is 79.9. The minimum absolute atomic E-state index is 0.184. The second-order valence-corrected chi connectivity index (χ2v) is 6.39. The summed E-state index contributed by atoms with van der Waals surface area (Å²) in [5, 5.41) is 2.81. The summed E-state index contributed by atoms with van der Waals surface area (Å²) in [6.45, 7) is 2.59. The molecule has 0 radical (unpaired) electrons. The monoisotopic (exact) mass is 407 g/mol. The predicted molar refractivity (Wildman–Crippen MR) is 94.0 cm³/mol. The molecular weight excluding hydrogens is 390 g/mol. The quantitative estimate of drug-likeness (QED) is 0.838. The second-order valence-electron chi connectivity index (χ2n) is 5.60. The Morgan fingerprint density at radius 3 is 3.04 bits per heavy atom. The summed E-state index contributed by atoms with van der Waals surface area (Å²) in [5.41, 5.74) is 0.800. The Hall–Kier alpha value is -2.29. The molecule has 9 heteroatoms. The zero-order valence-corrected chi connectivity index (χ0v) is 15.3. The number of amides is 1. The summed E-state index contributed by atoms with van der Waals surface area (Å²) in [6, 6.07) is 1.30. The first-order chi connectivity index (χ1) is 12.1. The molecule has 1 unspecified atom stereocenters. The smallest absolute Gasteiger partial charge is 0.407 e. The number of nitrogens with one attached hydrogen (secondary N) is 1. The average Bonchev–Trinajstić information content (AvgIpc) is 2.81. The van der Waals surface area contributed by atoms with Gasteiger partial charge in [0.2, 0.25) is 0 Å². The molecule has 0 bridgehead atoms. The highest BCUT2D eigenvalue weighted by molar-refractivity contribution is 9.10. The predicted octanol–water partition coefficient (Wildman–Crippen LogP) is 2.43. The molecule has 1 aliphatic heterocycles. The zero-order chi connectivity index (χ0) is 17.8. The normalized spacial score (nSPS) is 16.6. The van der Waals surface area contributed by atoms with Crippen LogP contribution in [0.1, 0.15) is 38.1 Å². The Bertz CT molecular complexity index is 825. The van der Waals surface area contributed by atoms with Crippen LogP contribution in [0, 0.1) is 0 Å². The molecule has 0 saturated carbocycles. The summed E-state index contributed by atoms with van der Waals surface area (Å²) in [4.78, 5) is 37.4. The molecule has 1 aliphatic rings. The summed E-state index contributed by atoms with van der Waals surface area (Å²) < 4.78 is 6.94. The molecule has 0 aromatic carbocycles. The highest BCUT2D eigenvalue weighted by Crippen LogP contribution is 2.27. The Balaban J connectivity index is 2.09. The van der Waals surface area contributed by atoms with E-state index in [2.05, 4.69) is 36.2 Å². The maximum absolute atomic E-state index is 12.8. The number of rotatable bonds is 3. The van der Waals surface area contributed by atoms with Gasteiger partial charge in [-0.2, -0.15) is 0 Å². The van der Waals surface area contributed by atoms with E-state index in [9.17, 15) is 9.59 Å². The molecule has 1 N–H and O–H groups in total. The van der Waals surface area contributed by atoms with E-state index in [1.807, 2.05) is 0 Å². The number of aromatic nitrogens is 4. The van der Waals surface area contributed by atoms with Gasteiger partial charge in [0.05, 0.1) is 18.3 Å². The third-order valence-corrected chi connectivity index (χ3v) is 4.69. The van der Waals surface area contributed by atoms with Gasteiger partial charge in [0.25, 0.3) is 5.56 Å². The van der Waals surface area contributed by atoms with E-state index in [0.29, 0.717) is 34.7 Å². The third-order valence-electron chi connectivity index (χ3n) is 3.97. The van der Waals surface area contributed by atoms with Crippen molar-refractivity contribution in [1.29, 1.82) is 0 Å². The maximum atomic E-state index is 12.8. The van der Waals surface area contributed by atoms with Crippen LogP contribution in [0.15, 0.2) is 27.9 Å². The number of fused-ring (bicyclic) bond motifs is 1. The van der Waals surface area contributed by atoms with E-state index < -0.39 is 6.09 Å². The average molecular weight is 408 g/mol. The van der Waals surface area contributed by atoms with Crippen molar-refractivity contribution in [3.8, 4) is 11.4 Å². The van der Waals surface area contributed by atoms with Crippen LogP contribution in [-0.2, 0) is 11.3 Å². The molecule has 3 rings (SSSR count). The number of hydrogen-bond acceptors (Lipinski definition) is 6. The van der Waals surface area contributed by atoms with Crippen molar-refractivity contribution >= 4 is 22.0 Å². The lowest BCUT2D eigenvalue weighted by atomic mass is 10.1. The standard InChI is InChI=1S/C16H18BrN5O3/c1-2-25-16(24)20-11-5-3-4-8-22-14(11)21-13(12(17)15(22)23)10-6-7-18-9-19-10/h6-7,9,11H,2-5,8H2,1H3,(H,20,24). The molecule has 0 spiro atoms. The first kappa shape index (κ1) is 17.5. The van der Waals surface area contributed by atoms with Crippen LogP contribution in [0.5, 0.6) is 0 Å². The minimum Gasteiger partial charge on any atom is -0.450 e. The van der Waals surface area contributed by atoms with Gasteiger partial charge < -0.3 is 10.1 Å². The lowest BCUT2D eigenvalue weighted by molar-refractivity contribution is 0.146. The summed E-state index contributed by atoms with van der Waals surface area (Å²) in [5.74, 6) is 0.521. The number of ether oxygens (including phenoxy) is 1. The van der Waals surface area contributed by atoms with Crippen LogP contribution in [0.25, 0.3) is 11.4 Å². The van der Waals surface area contributed by atoms with Crippen LogP contribution in [0.3, 0.4) is 0 Å². The van der Waals surface area contributed by atoms with Crippen LogP contribution in [0.2, 0.25) is 0 Å². The Morgan fingerprint density at radius 1 is 1.48 bits per heavy atom. The van der Waals surface area contributed by atoms with E-state index in [0.717, 1.165) is 12.8 Å². The van der Waals surface area contributed by atoms with Gasteiger partial charge in [-0.05, 0) is 48.2 Å². The van der Waals surface area contributed by atoms with Crippen molar-refractivity contribution in [2.75, 3.05) is 6.61 Å². The van der Waals surface area contributed by atoms with Crippen LogP contribution >= 0.6 is 15.9 Å². The molecular formula is C16H18BrN5O3. The lowest BCUT2D eigenvalue weighted by Gasteiger charge is -2.20. The highest BCUT2D eigenvalue weighted by Gasteiger charge is 2.26. The molecule has 132 valence electrons. The third kappa shape index (κ3) is 3.71. The number of alkyl carbamates (subject to hydrolysis) is 1. The Labute approximate surface area is 152 Å². The van der Waals surface area contributed by atoms with Crippen molar-refractivity contribution < 1.29 is 9.53 Å². The Morgan fingerprint density at radius 2 is 2.32 bits per heavy atom. The molecule has 0 saturated heterocycles. The van der Waals surface area contributed by atoms with Crippen molar-refractivity contribution in [3.05, 3.63) is 39.2 Å². The van der Waals surface area contributed by atoms with Crippen molar-refractivity contribution in [1.82, 2.24) is 24.8 Å². The number of carbonyl (C=O) groups excluding carboxylic acids is 1. The minimum atomic E-state index is -0.512. The zero-order valence-electron chi connectivity index (χ0n) is 13.7. The SMILES string of the molecule is CCOC(=O)NC1CCCCn2c1nc(-c1ccncn1)c(Br)c2=O. The molecule has 25 heavy (non-hydrogen) atoms. The first-order valence-corrected chi connectivity index (χ1v) is 8.91. The number of halogens is 1. The summed E-state index contributed by atoms with van der Waals surface area (Å²) in [7, 11) is 0. The number of carbonyl (C=O) groups is 1. The fourth-order valence-electron chi connectivity index (χ4n) is 2.83. The summed E-state index contributed by atoms with van der Waals surface area (Å²) >= 11 is 3.35. The number of nitrogens with zero attached hydrogens (tertiary/aromatic N) is 4. The van der Waals surface area contributed by atoms with Crippen molar-refractivity contribution in [2.45, 2.75) is 38.8 Å². The van der Waals surface area contributed by atoms with E-state index in [1.54, 1.807) is 23.8 Å². The van der Waals surface area contributed by atoms with Crippen molar-refractivity contribution in [3.63, 3.8) is 0 Å². The van der Waals surface area contributed by atoms with E-state index in [4.69, 9.17) is 4.74 Å². The van der Waals surface area contributed by atoms with Gasteiger partial charge >= 0.3 is 6.09 Å². The molecule has 2 aromatic heterocycles. The molecule has 2 aromatic rings. The van der Waals surface area contributed by atoms with Crippen LogP contribution in [-0.4, -0.2) is 32.2 Å². The van der Waals surface area contributed by atoms with E-state index in [-0.39, 0.29) is 18.2 Å². The van der Waals surface area contributed by atoms with Gasteiger partial charge in [0.15, 0.2) is 0 Å². The molecule has 3 heterocycles. The Kier molecular flexibility index (Phi) is 5.42. The van der Waals surface area contributed by atoms with Crippen molar-refractivity contribution in [2.24, 2.45) is 0 Å². The van der Waals surface area contributed by atoms with E-state index in [1.165, 1.54) is 6.33 Å².